The number of carboxylic acids is 1. The van der Waals surface area contributed by atoms with Gasteiger partial charge in [-0.1, -0.05) is 6.92 Å². The van der Waals surface area contributed by atoms with E-state index < -0.39 is 15.8 Å². The average molecular weight is 313 g/mol. The largest absolute Gasteiger partial charge is 0.481 e. The molecule has 118 valence electrons. The minimum atomic E-state index is -3.19. The van der Waals surface area contributed by atoms with Gasteiger partial charge in [0.25, 0.3) is 0 Å². The summed E-state index contributed by atoms with van der Waals surface area (Å²) in [5.41, 5.74) is 0.908. The van der Waals surface area contributed by atoms with E-state index in [-0.39, 0.29) is 18.2 Å². The zero-order valence-electron chi connectivity index (χ0n) is 12.7. The van der Waals surface area contributed by atoms with Gasteiger partial charge < -0.3 is 10.0 Å². The van der Waals surface area contributed by atoms with Crippen LogP contribution in [0.15, 0.2) is 29.2 Å². The van der Waals surface area contributed by atoms with E-state index in [0.717, 1.165) is 5.69 Å². The second kappa shape index (κ2) is 7.45. The van der Waals surface area contributed by atoms with Crippen LogP contribution in [0.4, 0.5) is 5.69 Å². The van der Waals surface area contributed by atoms with Crippen LogP contribution < -0.4 is 4.90 Å². The van der Waals surface area contributed by atoms with Crippen molar-refractivity contribution in [2.24, 2.45) is 0 Å². The number of carboxylic acid groups (broad SMARTS) is 1. The van der Waals surface area contributed by atoms with Gasteiger partial charge in [0.2, 0.25) is 0 Å². The van der Waals surface area contributed by atoms with E-state index in [4.69, 9.17) is 5.11 Å². The van der Waals surface area contributed by atoms with E-state index in [1.807, 2.05) is 13.8 Å². The molecule has 1 aromatic rings. The van der Waals surface area contributed by atoms with Crippen LogP contribution >= 0.6 is 0 Å². The van der Waals surface area contributed by atoms with Crippen molar-refractivity contribution in [3.63, 3.8) is 0 Å². The molecule has 6 heteroatoms. The third-order valence-electron chi connectivity index (χ3n) is 3.32. The molecule has 0 atom stereocenters. The third-order valence-corrected chi connectivity index (χ3v) is 5.07. The Morgan fingerprint density at radius 1 is 1.24 bits per heavy atom. The number of anilines is 1. The minimum absolute atomic E-state index is 0.0822. The highest BCUT2D eigenvalue weighted by Gasteiger charge is 2.14. The van der Waals surface area contributed by atoms with Crippen LogP contribution in [0, 0.1) is 0 Å². The van der Waals surface area contributed by atoms with Gasteiger partial charge in [-0.05, 0) is 44.5 Å². The van der Waals surface area contributed by atoms with E-state index in [1.165, 1.54) is 0 Å². The van der Waals surface area contributed by atoms with Gasteiger partial charge in [0.05, 0.1) is 10.6 Å². The number of benzene rings is 1. The lowest BCUT2D eigenvalue weighted by atomic mass is 10.2. The average Bonchev–Trinajstić information content (AvgIpc) is 2.43. The van der Waals surface area contributed by atoms with Crippen LogP contribution in [0.2, 0.25) is 0 Å². The summed E-state index contributed by atoms with van der Waals surface area (Å²) in [5, 5.41) is 8.70. The summed E-state index contributed by atoms with van der Waals surface area (Å²) in [6, 6.07) is 7.00. The Balaban J connectivity index is 2.87. The van der Waals surface area contributed by atoms with Crippen molar-refractivity contribution in [2.75, 3.05) is 17.2 Å². The summed E-state index contributed by atoms with van der Waals surface area (Å²) >= 11 is 0. The van der Waals surface area contributed by atoms with Gasteiger partial charge in [0.15, 0.2) is 9.84 Å². The maximum absolute atomic E-state index is 11.8. The minimum Gasteiger partial charge on any atom is -0.481 e. The first-order chi connectivity index (χ1) is 9.77. The van der Waals surface area contributed by atoms with Crippen molar-refractivity contribution < 1.29 is 18.3 Å². The molecule has 0 aliphatic carbocycles. The molecule has 21 heavy (non-hydrogen) atoms. The van der Waals surface area contributed by atoms with E-state index in [1.54, 1.807) is 31.2 Å². The van der Waals surface area contributed by atoms with Gasteiger partial charge in [-0.2, -0.15) is 0 Å². The fourth-order valence-electron chi connectivity index (χ4n) is 2.10. The van der Waals surface area contributed by atoms with Crippen LogP contribution in [0.1, 0.15) is 33.6 Å². The predicted molar refractivity (Wildman–Crippen MR) is 83.5 cm³/mol. The van der Waals surface area contributed by atoms with Gasteiger partial charge in [0.1, 0.15) is 0 Å². The van der Waals surface area contributed by atoms with Gasteiger partial charge in [-0.25, -0.2) is 8.42 Å². The fourth-order valence-corrected chi connectivity index (χ4v) is 2.98. The van der Waals surface area contributed by atoms with Gasteiger partial charge >= 0.3 is 5.97 Å². The number of rotatable bonds is 8. The summed E-state index contributed by atoms with van der Waals surface area (Å²) in [5.74, 6) is -0.720. The molecule has 0 spiro atoms. The number of aliphatic carboxylic acids is 1. The molecule has 0 unspecified atom stereocenters. The number of hydrogen-bond acceptors (Lipinski definition) is 4. The smallest absolute Gasteiger partial charge is 0.303 e. The molecule has 0 saturated heterocycles. The lowest BCUT2D eigenvalue weighted by Crippen LogP contribution is -2.32. The van der Waals surface area contributed by atoms with E-state index in [0.29, 0.717) is 17.9 Å². The molecular formula is C15H23NO4S. The van der Waals surface area contributed by atoms with Crippen LogP contribution in [0.3, 0.4) is 0 Å². The molecule has 0 fully saturated rings. The Hall–Kier alpha value is -1.56. The van der Waals surface area contributed by atoms with Gasteiger partial charge in [0, 0.05) is 24.7 Å². The normalized spacial score (nSPS) is 11.6. The van der Waals surface area contributed by atoms with E-state index in [9.17, 15) is 13.2 Å². The zero-order chi connectivity index (χ0) is 16.0. The predicted octanol–water partition coefficient (Wildman–Crippen LogP) is 2.56. The molecule has 0 bridgehead atoms. The Bertz CT molecular complexity index is 564. The molecule has 5 nitrogen and oxygen atoms in total. The maximum atomic E-state index is 11.8. The van der Waals surface area contributed by atoms with Crippen molar-refractivity contribution in [2.45, 2.75) is 44.6 Å². The van der Waals surface area contributed by atoms with Crippen LogP contribution in [0.25, 0.3) is 0 Å². The highest BCUT2D eigenvalue weighted by Crippen LogP contribution is 2.21. The number of nitrogens with zero attached hydrogens (tertiary/aromatic N) is 1. The van der Waals surface area contributed by atoms with Crippen LogP contribution in [0.5, 0.6) is 0 Å². The van der Waals surface area contributed by atoms with Crippen molar-refractivity contribution in [1.82, 2.24) is 0 Å². The standard InChI is InChI=1S/C15H23NO4S/c1-4-21(19,20)14-9-7-13(8-10-14)16(12(2)3)11-5-6-15(17)18/h7-10,12H,4-6,11H2,1-3H3,(H,17,18). The number of hydrogen-bond donors (Lipinski definition) is 1. The van der Waals surface area contributed by atoms with Gasteiger partial charge in [-0.15, -0.1) is 0 Å². The Kier molecular flexibility index (Phi) is 6.20. The molecule has 1 aromatic carbocycles. The molecule has 1 N–H and O–H groups in total. The molecule has 0 radical (unpaired) electrons. The maximum Gasteiger partial charge on any atom is 0.303 e. The van der Waals surface area contributed by atoms with E-state index in [2.05, 4.69) is 4.90 Å². The quantitative estimate of drug-likeness (QED) is 0.798. The molecular weight excluding hydrogens is 290 g/mol. The summed E-state index contributed by atoms with van der Waals surface area (Å²) in [6.07, 6.45) is 0.689. The first kappa shape index (κ1) is 17.5. The molecule has 0 saturated carbocycles. The monoisotopic (exact) mass is 313 g/mol. The number of sulfone groups is 1. The molecule has 0 amide bonds. The second-order valence-electron chi connectivity index (χ2n) is 5.18. The van der Waals surface area contributed by atoms with Crippen LogP contribution in [-0.4, -0.2) is 37.8 Å². The summed E-state index contributed by atoms with van der Waals surface area (Å²) in [7, 11) is -3.19. The van der Waals surface area contributed by atoms with E-state index >= 15 is 0 Å². The summed E-state index contributed by atoms with van der Waals surface area (Å²) < 4.78 is 23.6. The van der Waals surface area contributed by atoms with Crippen molar-refractivity contribution in [1.29, 1.82) is 0 Å². The Morgan fingerprint density at radius 3 is 2.24 bits per heavy atom. The fraction of sp³-hybridized carbons (Fsp3) is 0.533. The first-order valence-corrected chi connectivity index (χ1v) is 8.74. The first-order valence-electron chi connectivity index (χ1n) is 7.09. The van der Waals surface area contributed by atoms with Crippen molar-refractivity contribution in [3.8, 4) is 0 Å². The van der Waals surface area contributed by atoms with Crippen molar-refractivity contribution >= 4 is 21.5 Å². The van der Waals surface area contributed by atoms with Crippen LogP contribution in [-0.2, 0) is 14.6 Å². The number of carbonyl (C=O) groups is 1. The highest BCUT2D eigenvalue weighted by molar-refractivity contribution is 7.91. The van der Waals surface area contributed by atoms with Crippen molar-refractivity contribution in [3.05, 3.63) is 24.3 Å². The molecule has 0 aliphatic rings. The molecule has 0 aliphatic heterocycles. The second-order valence-corrected chi connectivity index (χ2v) is 7.46. The lowest BCUT2D eigenvalue weighted by Gasteiger charge is -2.29. The SMILES string of the molecule is CCS(=O)(=O)c1ccc(N(CCCC(=O)O)C(C)C)cc1. The third kappa shape index (κ3) is 5.04. The molecule has 0 aromatic heterocycles. The summed E-state index contributed by atoms with van der Waals surface area (Å²) in [6.45, 7) is 6.30. The Morgan fingerprint density at radius 2 is 1.81 bits per heavy atom. The van der Waals surface area contributed by atoms with Gasteiger partial charge in [-0.3, -0.25) is 4.79 Å². The Labute approximate surface area is 126 Å². The lowest BCUT2D eigenvalue weighted by molar-refractivity contribution is -0.137. The highest BCUT2D eigenvalue weighted by atomic mass is 32.2. The molecule has 0 heterocycles. The zero-order valence-corrected chi connectivity index (χ0v) is 13.6. The molecule has 1 rings (SSSR count). The summed E-state index contributed by atoms with van der Waals surface area (Å²) in [4.78, 5) is 13.0. The topological polar surface area (TPSA) is 74.7 Å².